The Morgan fingerprint density at radius 3 is 2.57 bits per heavy atom. The summed E-state index contributed by atoms with van der Waals surface area (Å²) in [5, 5.41) is 8.01. The van der Waals surface area contributed by atoms with Gasteiger partial charge in [-0.2, -0.15) is 0 Å². The largest absolute Gasteiger partial charge is 0.451 e. The molecule has 7 nitrogen and oxygen atoms in total. The molecule has 0 atom stereocenters. The number of oxazole rings is 1. The normalized spacial score (nSPS) is 13.4. The van der Waals surface area contributed by atoms with Crippen molar-refractivity contribution in [3.63, 3.8) is 0 Å². The smallest absolute Gasteiger partial charge is 0.361 e. The molecular weight excluding hydrogens is 382 g/mol. The Morgan fingerprint density at radius 1 is 1.00 bits per heavy atom. The highest BCUT2D eigenvalue weighted by Crippen LogP contribution is 2.43. The van der Waals surface area contributed by atoms with E-state index in [0.717, 1.165) is 29.5 Å². The van der Waals surface area contributed by atoms with Crippen LogP contribution in [0.3, 0.4) is 0 Å². The molecular formula is C23H19N3O4. The van der Waals surface area contributed by atoms with Crippen molar-refractivity contribution in [2.75, 3.05) is 0 Å². The van der Waals surface area contributed by atoms with Crippen LogP contribution in [0.1, 0.15) is 46.5 Å². The van der Waals surface area contributed by atoms with Gasteiger partial charge in [0.1, 0.15) is 5.76 Å². The highest BCUT2D eigenvalue weighted by atomic mass is 16.5. The van der Waals surface area contributed by atoms with Gasteiger partial charge in [0, 0.05) is 17.0 Å². The number of ether oxygens (including phenoxy) is 1. The first kappa shape index (κ1) is 18.3. The molecule has 0 spiro atoms. The summed E-state index contributed by atoms with van der Waals surface area (Å²) in [6.07, 6.45) is 1.96. The third-order valence-corrected chi connectivity index (χ3v) is 4.87. The van der Waals surface area contributed by atoms with Gasteiger partial charge in [-0.3, -0.25) is 0 Å². The topological polar surface area (TPSA) is 91.2 Å². The van der Waals surface area contributed by atoms with Crippen molar-refractivity contribution >= 4 is 5.97 Å². The number of esters is 1. The predicted octanol–water partition coefficient (Wildman–Crippen LogP) is 4.93. The first-order valence-corrected chi connectivity index (χ1v) is 9.80. The molecule has 4 aromatic rings. The van der Waals surface area contributed by atoms with Crippen molar-refractivity contribution in [1.82, 2.24) is 15.2 Å². The maximum absolute atomic E-state index is 12.7. The standard InChI is InChI=1S/C23H19N3O4/c1-14-6-5-9-17(12-14)22-26-25-18(29-22)13-28-23(27)19-20(15-10-11-15)30-21(24-19)16-7-3-2-4-8-16/h2-9,12,15H,10-11,13H2,1H3. The van der Waals surface area contributed by atoms with Crippen LogP contribution in [0.5, 0.6) is 0 Å². The van der Waals surface area contributed by atoms with Crippen molar-refractivity contribution in [3.05, 3.63) is 77.5 Å². The zero-order valence-corrected chi connectivity index (χ0v) is 16.4. The van der Waals surface area contributed by atoms with Crippen LogP contribution in [-0.4, -0.2) is 21.2 Å². The Morgan fingerprint density at radius 2 is 1.80 bits per heavy atom. The fourth-order valence-corrected chi connectivity index (χ4v) is 3.21. The van der Waals surface area contributed by atoms with Crippen LogP contribution in [0.2, 0.25) is 0 Å². The second kappa shape index (κ2) is 7.59. The lowest BCUT2D eigenvalue weighted by atomic mass is 10.1. The van der Waals surface area contributed by atoms with E-state index in [1.807, 2.05) is 61.5 Å². The molecule has 0 N–H and O–H groups in total. The number of aromatic nitrogens is 3. The summed E-state index contributed by atoms with van der Waals surface area (Å²) in [4.78, 5) is 17.1. The van der Waals surface area contributed by atoms with E-state index < -0.39 is 5.97 Å². The molecule has 0 amide bonds. The number of hydrogen-bond donors (Lipinski definition) is 0. The maximum atomic E-state index is 12.7. The van der Waals surface area contributed by atoms with Gasteiger partial charge in [0.05, 0.1) is 0 Å². The van der Waals surface area contributed by atoms with Gasteiger partial charge in [0.15, 0.2) is 12.3 Å². The Balaban J connectivity index is 1.32. The van der Waals surface area contributed by atoms with E-state index in [4.69, 9.17) is 13.6 Å². The number of nitrogens with zero attached hydrogens (tertiary/aromatic N) is 3. The molecule has 7 heteroatoms. The Bertz CT molecular complexity index is 1190. The molecule has 0 radical (unpaired) electrons. The van der Waals surface area contributed by atoms with Gasteiger partial charge in [-0.05, 0) is 44.0 Å². The number of carbonyl (C=O) groups is 1. The molecule has 2 heterocycles. The Labute approximate surface area is 172 Å². The molecule has 2 aromatic heterocycles. The van der Waals surface area contributed by atoms with E-state index >= 15 is 0 Å². The van der Waals surface area contributed by atoms with E-state index in [0.29, 0.717) is 17.5 Å². The molecule has 0 saturated heterocycles. The summed E-state index contributed by atoms with van der Waals surface area (Å²) < 4.78 is 16.9. The number of hydrogen-bond acceptors (Lipinski definition) is 7. The summed E-state index contributed by atoms with van der Waals surface area (Å²) in [5.74, 6) is 1.27. The first-order chi connectivity index (χ1) is 14.7. The predicted molar refractivity (Wildman–Crippen MR) is 108 cm³/mol. The minimum atomic E-state index is -0.557. The molecule has 2 aromatic carbocycles. The molecule has 30 heavy (non-hydrogen) atoms. The second-order valence-corrected chi connectivity index (χ2v) is 7.32. The van der Waals surface area contributed by atoms with Crippen LogP contribution in [0.4, 0.5) is 0 Å². The van der Waals surface area contributed by atoms with Gasteiger partial charge in [0.25, 0.3) is 5.89 Å². The molecule has 0 bridgehead atoms. The highest BCUT2D eigenvalue weighted by molar-refractivity contribution is 5.89. The van der Waals surface area contributed by atoms with Crippen LogP contribution in [0.25, 0.3) is 22.9 Å². The van der Waals surface area contributed by atoms with E-state index in [1.165, 1.54) is 0 Å². The Hall–Kier alpha value is -3.74. The van der Waals surface area contributed by atoms with Crippen LogP contribution in [0.15, 0.2) is 63.4 Å². The third kappa shape index (κ3) is 3.74. The average Bonchev–Trinajstić information content (AvgIpc) is 3.34. The lowest BCUT2D eigenvalue weighted by molar-refractivity contribution is 0.0430. The van der Waals surface area contributed by atoms with Crippen LogP contribution in [-0.2, 0) is 11.3 Å². The molecule has 5 rings (SSSR count). The minimum absolute atomic E-state index is 0.130. The van der Waals surface area contributed by atoms with Crippen LogP contribution < -0.4 is 0 Å². The van der Waals surface area contributed by atoms with E-state index in [9.17, 15) is 4.79 Å². The fourth-order valence-electron chi connectivity index (χ4n) is 3.21. The molecule has 1 saturated carbocycles. The summed E-state index contributed by atoms with van der Waals surface area (Å²) in [6.45, 7) is 1.86. The number of benzene rings is 2. The molecule has 0 unspecified atom stereocenters. The first-order valence-electron chi connectivity index (χ1n) is 9.80. The third-order valence-electron chi connectivity index (χ3n) is 4.87. The molecule has 1 aliphatic carbocycles. The quantitative estimate of drug-likeness (QED) is 0.423. The fraction of sp³-hybridized carbons (Fsp3) is 0.217. The van der Waals surface area contributed by atoms with E-state index in [1.54, 1.807) is 0 Å². The van der Waals surface area contributed by atoms with Gasteiger partial charge in [-0.25, -0.2) is 9.78 Å². The maximum Gasteiger partial charge on any atom is 0.361 e. The Kier molecular flexibility index (Phi) is 4.63. The van der Waals surface area contributed by atoms with E-state index in [2.05, 4.69) is 15.2 Å². The van der Waals surface area contributed by atoms with Crippen LogP contribution >= 0.6 is 0 Å². The van der Waals surface area contributed by atoms with Crippen LogP contribution in [0, 0.1) is 6.92 Å². The zero-order chi connectivity index (χ0) is 20.5. The zero-order valence-electron chi connectivity index (χ0n) is 16.4. The van der Waals surface area contributed by atoms with Gasteiger partial charge >= 0.3 is 5.97 Å². The second-order valence-electron chi connectivity index (χ2n) is 7.32. The van der Waals surface area contributed by atoms with Gasteiger partial charge < -0.3 is 13.6 Å². The lowest BCUT2D eigenvalue weighted by Gasteiger charge is -2.00. The monoisotopic (exact) mass is 401 g/mol. The van der Waals surface area contributed by atoms with Crippen molar-refractivity contribution in [2.45, 2.75) is 32.3 Å². The molecule has 1 fully saturated rings. The molecule has 150 valence electrons. The lowest BCUT2D eigenvalue weighted by Crippen LogP contribution is -2.08. The minimum Gasteiger partial charge on any atom is -0.451 e. The van der Waals surface area contributed by atoms with Crippen molar-refractivity contribution in [3.8, 4) is 22.9 Å². The average molecular weight is 401 g/mol. The van der Waals surface area contributed by atoms with Gasteiger partial charge in [0.2, 0.25) is 11.8 Å². The van der Waals surface area contributed by atoms with Crippen molar-refractivity contribution < 1.29 is 18.4 Å². The summed E-state index contributed by atoms with van der Waals surface area (Å²) in [5.41, 5.74) is 2.94. The number of aryl methyl sites for hydroxylation is 1. The van der Waals surface area contributed by atoms with Crippen molar-refractivity contribution in [1.29, 1.82) is 0 Å². The molecule has 1 aliphatic rings. The summed E-state index contributed by atoms with van der Waals surface area (Å²) in [7, 11) is 0. The van der Waals surface area contributed by atoms with Gasteiger partial charge in [-0.15, -0.1) is 10.2 Å². The number of carbonyl (C=O) groups excluding carboxylic acids is 1. The SMILES string of the molecule is Cc1cccc(-c2nnc(COC(=O)c3nc(-c4ccccc4)oc3C3CC3)o2)c1. The number of rotatable bonds is 6. The van der Waals surface area contributed by atoms with Gasteiger partial charge in [-0.1, -0.05) is 35.9 Å². The molecule has 0 aliphatic heterocycles. The van der Waals surface area contributed by atoms with E-state index in [-0.39, 0.29) is 24.1 Å². The highest BCUT2D eigenvalue weighted by Gasteiger charge is 2.35. The van der Waals surface area contributed by atoms with Crippen molar-refractivity contribution in [2.24, 2.45) is 0 Å². The summed E-state index contributed by atoms with van der Waals surface area (Å²) >= 11 is 0. The summed E-state index contributed by atoms with van der Waals surface area (Å²) in [6, 6.07) is 17.2.